The number of phenolic OH excluding ortho intramolecular Hbond substituents is 1. The van der Waals surface area contributed by atoms with Crippen LogP contribution in [0.15, 0.2) is 48.5 Å². The number of rotatable bonds is 4. The van der Waals surface area contributed by atoms with E-state index in [2.05, 4.69) is 10.9 Å². The average molecular weight is 300 g/mol. The van der Waals surface area contributed by atoms with Crippen LogP contribution in [0.25, 0.3) is 0 Å². The summed E-state index contributed by atoms with van der Waals surface area (Å²) in [6, 6.07) is 12.9. The number of benzene rings is 2. The number of hydrogen-bond donors (Lipinski definition) is 3. The van der Waals surface area contributed by atoms with Gasteiger partial charge in [0.2, 0.25) is 5.91 Å². The van der Waals surface area contributed by atoms with Crippen LogP contribution in [0, 0.1) is 0 Å². The van der Waals surface area contributed by atoms with E-state index in [1.165, 1.54) is 18.2 Å². The SMILES string of the molecule is COc1ccc(CC(=O)NNC(=O)c2cccc(O)c2)cc1. The third kappa shape index (κ3) is 4.24. The van der Waals surface area contributed by atoms with E-state index < -0.39 is 5.91 Å². The molecule has 0 aliphatic carbocycles. The van der Waals surface area contributed by atoms with E-state index in [0.29, 0.717) is 5.75 Å². The third-order valence-electron chi connectivity index (χ3n) is 2.95. The summed E-state index contributed by atoms with van der Waals surface area (Å²) < 4.78 is 5.03. The Morgan fingerprint density at radius 3 is 2.45 bits per heavy atom. The van der Waals surface area contributed by atoms with Gasteiger partial charge in [-0.15, -0.1) is 0 Å². The van der Waals surface area contributed by atoms with Gasteiger partial charge in [-0.1, -0.05) is 18.2 Å². The minimum Gasteiger partial charge on any atom is -0.508 e. The lowest BCUT2D eigenvalue weighted by Crippen LogP contribution is -2.42. The van der Waals surface area contributed by atoms with Crippen molar-refractivity contribution in [3.8, 4) is 11.5 Å². The molecular formula is C16H16N2O4. The van der Waals surface area contributed by atoms with Crippen molar-refractivity contribution in [1.82, 2.24) is 10.9 Å². The second-order valence-electron chi connectivity index (χ2n) is 4.58. The summed E-state index contributed by atoms with van der Waals surface area (Å²) in [6.07, 6.45) is 0.129. The first-order valence-electron chi connectivity index (χ1n) is 6.59. The number of aromatic hydroxyl groups is 1. The summed E-state index contributed by atoms with van der Waals surface area (Å²) in [7, 11) is 1.57. The van der Waals surface area contributed by atoms with Crippen LogP contribution in [0.5, 0.6) is 11.5 Å². The molecule has 0 aliphatic heterocycles. The Kier molecular flexibility index (Phi) is 4.98. The molecule has 0 bridgehead atoms. The maximum atomic E-state index is 11.8. The molecule has 114 valence electrons. The first kappa shape index (κ1) is 15.4. The monoisotopic (exact) mass is 300 g/mol. The molecule has 0 radical (unpaired) electrons. The Morgan fingerprint density at radius 1 is 1.09 bits per heavy atom. The molecule has 0 aromatic heterocycles. The van der Waals surface area contributed by atoms with Gasteiger partial charge >= 0.3 is 0 Å². The molecule has 0 spiro atoms. The highest BCUT2D eigenvalue weighted by Crippen LogP contribution is 2.12. The number of nitrogens with one attached hydrogen (secondary N) is 2. The van der Waals surface area contributed by atoms with Crippen molar-refractivity contribution >= 4 is 11.8 Å². The predicted octanol–water partition coefficient (Wildman–Crippen LogP) is 1.40. The van der Waals surface area contributed by atoms with Crippen molar-refractivity contribution in [3.63, 3.8) is 0 Å². The van der Waals surface area contributed by atoms with Crippen molar-refractivity contribution < 1.29 is 19.4 Å². The molecule has 0 saturated carbocycles. The summed E-state index contributed by atoms with van der Waals surface area (Å²) in [5, 5.41) is 9.30. The molecule has 0 fully saturated rings. The van der Waals surface area contributed by atoms with Crippen LogP contribution in [0.2, 0.25) is 0 Å². The fourth-order valence-corrected chi connectivity index (χ4v) is 1.82. The Labute approximate surface area is 127 Å². The van der Waals surface area contributed by atoms with Crippen LogP contribution >= 0.6 is 0 Å². The highest BCUT2D eigenvalue weighted by Gasteiger charge is 2.08. The molecule has 0 aliphatic rings. The largest absolute Gasteiger partial charge is 0.508 e. The number of carbonyl (C=O) groups is 2. The highest BCUT2D eigenvalue weighted by atomic mass is 16.5. The van der Waals surface area contributed by atoms with Gasteiger partial charge in [0.25, 0.3) is 5.91 Å². The Hall–Kier alpha value is -3.02. The summed E-state index contributed by atoms with van der Waals surface area (Å²) in [5.74, 6) is -0.156. The van der Waals surface area contributed by atoms with E-state index in [1.807, 2.05) is 0 Å². The summed E-state index contributed by atoms with van der Waals surface area (Å²) >= 11 is 0. The van der Waals surface area contributed by atoms with Gasteiger partial charge in [-0.2, -0.15) is 0 Å². The molecule has 6 nitrogen and oxygen atoms in total. The average Bonchev–Trinajstić information content (AvgIpc) is 2.53. The van der Waals surface area contributed by atoms with Gasteiger partial charge in [0, 0.05) is 5.56 Å². The Morgan fingerprint density at radius 2 is 1.82 bits per heavy atom. The van der Waals surface area contributed by atoms with Gasteiger partial charge < -0.3 is 9.84 Å². The fraction of sp³-hybridized carbons (Fsp3) is 0.125. The molecule has 0 unspecified atom stereocenters. The highest BCUT2D eigenvalue weighted by molar-refractivity contribution is 5.95. The molecule has 22 heavy (non-hydrogen) atoms. The number of phenols is 1. The van der Waals surface area contributed by atoms with Crippen LogP contribution in [-0.2, 0) is 11.2 Å². The number of amides is 2. The Balaban J connectivity index is 1.85. The number of hydrogen-bond acceptors (Lipinski definition) is 4. The first-order valence-corrected chi connectivity index (χ1v) is 6.59. The number of ether oxygens (including phenoxy) is 1. The van der Waals surface area contributed by atoms with Crippen LogP contribution in [0.3, 0.4) is 0 Å². The molecule has 2 amide bonds. The molecule has 0 saturated heterocycles. The maximum Gasteiger partial charge on any atom is 0.269 e. The van der Waals surface area contributed by atoms with Gasteiger partial charge in [0.15, 0.2) is 0 Å². The van der Waals surface area contributed by atoms with Crippen molar-refractivity contribution in [1.29, 1.82) is 0 Å². The summed E-state index contributed by atoms with van der Waals surface area (Å²) in [4.78, 5) is 23.5. The number of hydrazine groups is 1. The van der Waals surface area contributed by atoms with E-state index in [4.69, 9.17) is 4.74 Å². The predicted molar refractivity (Wildman–Crippen MR) is 80.4 cm³/mol. The van der Waals surface area contributed by atoms with Crippen molar-refractivity contribution in [2.24, 2.45) is 0 Å². The van der Waals surface area contributed by atoms with Crippen molar-refractivity contribution in [3.05, 3.63) is 59.7 Å². The lowest BCUT2D eigenvalue weighted by atomic mass is 10.1. The van der Waals surface area contributed by atoms with Crippen molar-refractivity contribution in [2.75, 3.05) is 7.11 Å². The van der Waals surface area contributed by atoms with E-state index in [0.717, 1.165) is 5.56 Å². The lowest BCUT2D eigenvalue weighted by Gasteiger charge is -2.08. The summed E-state index contributed by atoms with van der Waals surface area (Å²) in [6.45, 7) is 0. The molecule has 3 N–H and O–H groups in total. The zero-order chi connectivity index (χ0) is 15.9. The normalized spacial score (nSPS) is 9.86. The van der Waals surface area contributed by atoms with Crippen LogP contribution < -0.4 is 15.6 Å². The molecule has 2 rings (SSSR count). The van der Waals surface area contributed by atoms with Gasteiger partial charge in [0.05, 0.1) is 13.5 Å². The van der Waals surface area contributed by atoms with Crippen LogP contribution in [0.1, 0.15) is 15.9 Å². The first-order chi connectivity index (χ1) is 10.6. The Bertz CT molecular complexity index is 668. The summed E-state index contributed by atoms with van der Waals surface area (Å²) in [5.41, 5.74) is 5.67. The van der Waals surface area contributed by atoms with Gasteiger partial charge in [-0.3, -0.25) is 20.4 Å². The lowest BCUT2D eigenvalue weighted by molar-refractivity contribution is -0.121. The molecule has 2 aromatic carbocycles. The van der Waals surface area contributed by atoms with E-state index in [9.17, 15) is 14.7 Å². The van der Waals surface area contributed by atoms with Crippen LogP contribution in [0.4, 0.5) is 0 Å². The van der Waals surface area contributed by atoms with E-state index in [-0.39, 0.29) is 23.6 Å². The van der Waals surface area contributed by atoms with Crippen molar-refractivity contribution in [2.45, 2.75) is 6.42 Å². The molecular weight excluding hydrogens is 284 g/mol. The molecule has 6 heteroatoms. The maximum absolute atomic E-state index is 11.8. The second kappa shape index (κ2) is 7.12. The number of carbonyl (C=O) groups excluding carboxylic acids is 2. The smallest absolute Gasteiger partial charge is 0.269 e. The van der Waals surface area contributed by atoms with E-state index in [1.54, 1.807) is 37.4 Å². The van der Waals surface area contributed by atoms with Gasteiger partial charge in [-0.05, 0) is 35.9 Å². The second-order valence-corrected chi connectivity index (χ2v) is 4.58. The standard InChI is InChI=1S/C16H16N2O4/c1-22-14-7-5-11(6-8-14)9-15(20)17-18-16(21)12-3-2-4-13(19)10-12/h2-8,10,19H,9H2,1H3,(H,17,20)(H,18,21). The molecule has 0 atom stereocenters. The van der Waals surface area contributed by atoms with Gasteiger partial charge in [0.1, 0.15) is 11.5 Å². The van der Waals surface area contributed by atoms with Crippen LogP contribution in [-0.4, -0.2) is 24.0 Å². The molecule has 0 heterocycles. The topological polar surface area (TPSA) is 87.7 Å². The zero-order valence-electron chi connectivity index (χ0n) is 12.0. The number of methoxy groups -OCH3 is 1. The van der Waals surface area contributed by atoms with Gasteiger partial charge in [-0.25, -0.2) is 0 Å². The zero-order valence-corrected chi connectivity index (χ0v) is 12.0. The minimum absolute atomic E-state index is 0.0165. The van der Waals surface area contributed by atoms with E-state index >= 15 is 0 Å². The minimum atomic E-state index is -0.501. The molecule has 2 aromatic rings. The third-order valence-corrected chi connectivity index (χ3v) is 2.95. The fourth-order valence-electron chi connectivity index (χ4n) is 1.82. The quantitative estimate of drug-likeness (QED) is 0.745.